The van der Waals surface area contributed by atoms with Crippen LogP contribution in [0.4, 0.5) is 5.69 Å². The van der Waals surface area contributed by atoms with Gasteiger partial charge in [-0.3, -0.25) is 9.79 Å². The second-order valence-electron chi connectivity index (χ2n) is 7.41. The minimum atomic E-state index is 0.121. The summed E-state index contributed by atoms with van der Waals surface area (Å²) in [6.45, 7) is 8.51. The summed E-state index contributed by atoms with van der Waals surface area (Å²) in [6, 6.07) is 6.35. The van der Waals surface area contributed by atoms with Gasteiger partial charge in [-0.25, -0.2) is 0 Å². The lowest BCUT2D eigenvalue weighted by Gasteiger charge is -2.37. The highest BCUT2D eigenvalue weighted by atomic mass is 16.1. The summed E-state index contributed by atoms with van der Waals surface area (Å²) in [5.41, 5.74) is 9.48. The van der Waals surface area contributed by atoms with E-state index in [2.05, 4.69) is 49.3 Å². The summed E-state index contributed by atoms with van der Waals surface area (Å²) in [7, 11) is 0. The largest absolute Gasteiger partial charge is 0.380 e. The smallest absolute Gasteiger partial charge is 0.191 e. The molecule has 0 fully saturated rings. The number of hydrogen-bond acceptors (Lipinski definition) is 5. The molecule has 2 aliphatic heterocycles. The fraction of sp³-hybridized carbons (Fsp3) is 0.556. The highest BCUT2D eigenvalue weighted by Gasteiger charge is 2.29. The van der Waals surface area contributed by atoms with Crippen molar-refractivity contribution in [1.82, 2.24) is 4.90 Å². The molecule has 0 amide bonds. The number of guanidine groups is 1. The monoisotopic (exact) mass is 314 g/mol. The van der Waals surface area contributed by atoms with E-state index in [4.69, 9.17) is 5.73 Å². The Bertz CT molecular complexity index is 650. The summed E-state index contributed by atoms with van der Waals surface area (Å²) in [5, 5.41) is 3.59. The van der Waals surface area contributed by atoms with E-state index in [9.17, 15) is 4.79 Å². The second-order valence-corrected chi connectivity index (χ2v) is 7.41. The van der Waals surface area contributed by atoms with E-state index in [0.29, 0.717) is 31.4 Å². The summed E-state index contributed by atoms with van der Waals surface area (Å²) < 4.78 is 0. The number of ketones is 1. The van der Waals surface area contributed by atoms with Crippen LogP contribution in [0.3, 0.4) is 0 Å². The van der Waals surface area contributed by atoms with Crippen molar-refractivity contribution in [2.24, 2.45) is 10.7 Å². The number of anilines is 1. The maximum absolute atomic E-state index is 12.3. The topological polar surface area (TPSA) is 70.7 Å². The molecule has 5 heteroatoms. The molecule has 0 saturated carbocycles. The first-order valence-electron chi connectivity index (χ1n) is 8.32. The third-order valence-electron chi connectivity index (χ3n) is 4.67. The van der Waals surface area contributed by atoms with Crippen molar-refractivity contribution in [3.05, 3.63) is 29.3 Å². The fourth-order valence-electron chi connectivity index (χ4n) is 3.69. The zero-order chi connectivity index (χ0) is 16.6. The van der Waals surface area contributed by atoms with Gasteiger partial charge in [-0.05, 0) is 43.4 Å². The number of aliphatic imine (C=N–C) groups is 1. The van der Waals surface area contributed by atoms with Gasteiger partial charge in [-0.15, -0.1) is 0 Å². The second kappa shape index (κ2) is 5.87. The first kappa shape index (κ1) is 15.8. The maximum Gasteiger partial charge on any atom is 0.191 e. The van der Waals surface area contributed by atoms with Crippen molar-refractivity contribution in [3.63, 3.8) is 0 Å². The van der Waals surface area contributed by atoms with Crippen LogP contribution in [0.5, 0.6) is 0 Å². The van der Waals surface area contributed by atoms with Gasteiger partial charge in [-0.2, -0.15) is 0 Å². The fourth-order valence-corrected chi connectivity index (χ4v) is 3.69. The first-order valence-corrected chi connectivity index (χ1v) is 8.32. The number of carbonyl (C=O) groups excluding carboxylic acids is 1. The number of nitrogens with one attached hydrogen (secondary N) is 1. The molecule has 0 saturated heterocycles. The van der Waals surface area contributed by atoms with Crippen LogP contribution in [0.1, 0.15) is 44.2 Å². The Morgan fingerprint density at radius 2 is 2.26 bits per heavy atom. The van der Waals surface area contributed by atoms with Gasteiger partial charge < -0.3 is 16.0 Å². The van der Waals surface area contributed by atoms with Gasteiger partial charge in [0.05, 0.1) is 13.1 Å². The quantitative estimate of drug-likeness (QED) is 0.893. The molecule has 0 bridgehead atoms. The Hall–Kier alpha value is -2.04. The molecule has 1 aromatic carbocycles. The van der Waals surface area contributed by atoms with Gasteiger partial charge in [0, 0.05) is 24.2 Å². The zero-order valence-electron chi connectivity index (χ0n) is 14.2. The lowest BCUT2D eigenvalue weighted by atomic mass is 9.81. The van der Waals surface area contributed by atoms with Crippen LogP contribution >= 0.6 is 0 Å². The van der Waals surface area contributed by atoms with Gasteiger partial charge in [0.2, 0.25) is 0 Å². The van der Waals surface area contributed by atoms with Crippen LogP contribution in [0, 0.1) is 0 Å². The van der Waals surface area contributed by atoms with Crippen LogP contribution in [0.25, 0.3) is 0 Å². The van der Waals surface area contributed by atoms with E-state index in [-0.39, 0.29) is 11.3 Å². The Morgan fingerprint density at radius 3 is 2.96 bits per heavy atom. The Morgan fingerprint density at radius 1 is 1.48 bits per heavy atom. The molecule has 124 valence electrons. The number of hydrogen-bond donors (Lipinski definition) is 2. The van der Waals surface area contributed by atoms with E-state index in [1.54, 1.807) is 0 Å². The molecule has 23 heavy (non-hydrogen) atoms. The number of nitrogens with zero attached hydrogens (tertiary/aromatic N) is 2. The highest BCUT2D eigenvalue weighted by molar-refractivity contribution is 5.88. The molecular formula is C18H26N4O. The Kier molecular flexibility index (Phi) is 4.04. The molecule has 0 unspecified atom stereocenters. The number of Topliss-reactive ketones (excluding diaryl/α,β-unsaturated/α-hetero) is 1. The normalized spacial score (nSPS) is 22.3. The maximum atomic E-state index is 12.3. The molecular weight excluding hydrogens is 288 g/mol. The van der Waals surface area contributed by atoms with Crippen LogP contribution in [0.15, 0.2) is 23.2 Å². The molecule has 1 atom stereocenters. The Balaban J connectivity index is 1.69. The van der Waals surface area contributed by atoms with E-state index >= 15 is 0 Å². The number of nitrogens with two attached hydrogens (primary N) is 1. The average Bonchev–Trinajstić information content (AvgIpc) is 2.84. The van der Waals surface area contributed by atoms with E-state index in [0.717, 1.165) is 18.5 Å². The predicted molar refractivity (Wildman–Crippen MR) is 93.9 cm³/mol. The molecule has 1 aromatic rings. The lowest BCUT2D eigenvalue weighted by Crippen LogP contribution is -2.38. The van der Waals surface area contributed by atoms with E-state index in [1.807, 2.05) is 4.90 Å². The van der Waals surface area contributed by atoms with Crippen molar-refractivity contribution in [2.75, 3.05) is 25.0 Å². The Labute approximate surface area is 138 Å². The van der Waals surface area contributed by atoms with Crippen LogP contribution in [-0.4, -0.2) is 41.8 Å². The van der Waals surface area contributed by atoms with Crippen molar-refractivity contribution in [3.8, 4) is 0 Å². The SMILES string of the molecule is C[C@H]1CC(C)(C)Nc2ccc(CC(=O)CN3CCN=C3N)cc21. The third kappa shape index (κ3) is 3.49. The molecule has 0 radical (unpaired) electrons. The molecule has 0 aliphatic carbocycles. The molecule has 2 heterocycles. The number of benzene rings is 1. The zero-order valence-corrected chi connectivity index (χ0v) is 14.2. The number of carbonyl (C=O) groups is 1. The van der Waals surface area contributed by atoms with Crippen molar-refractivity contribution in [2.45, 2.75) is 45.1 Å². The minimum Gasteiger partial charge on any atom is -0.380 e. The molecule has 5 nitrogen and oxygen atoms in total. The van der Waals surface area contributed by atoms with Gasteiger partial charge >= 0.3 is 0 Å². The predicted octanol–water partition coefficient (Wildman–Crippen LogP) is 2.13. The van der Waals surface area contributed by atoms with Gasteiger partial charge in [0.15, 0.2) is 11.7 Å². The van der Waals surface area contributed by atoms with E-state index in [1.165, 1.54) is 11.3 Å². The molecule has 3 N–H and O–H groups in total. The van der Waals surface area contributed by atoms with E-state index < -0.39 is 0 Å². The van der Waals surface area contributed by atoms with Crippen molar-refractivity contribution < 1.29 is 4.79 Å². The summed E-state index contributed by atoms with van der Waals surface area (Å²) >= 11 is 0. The minimum absolute atomic E-state index is 0.121. The van der Waals surface area contributed by atoms with Crippen molar-refractivity contribution >= 4 is 17.4 Å². The molecule has 0 aromatic heterocycles. The molecule has 0 spiro atoms. The standard InChI is InChI=1S/C18H26N4O/c1-12-10-18(2,3)21-16-5-4-13(9-15(12)16)8-14(23)11-22-7-6-20-17(22)19/h4-5,9,12,21H,6-8,10-11H2,1-3H3,(H2,19,20)/t12-/m0/s1. The first-order chi connectivity index (χ1) is 10.8. The van der Waals surface area contributed by atoms with Gasteiger partial charge in [0.1, 0.15) is 0 Å². The number of fused-ring (bicyclic) bond motifs is 1. The van der Waals surface area contributed by atoms with Gasteiger partial charge in [-0.1, -0.05) is 19.1 Å². The highest BCUT2D eigenvalue weighted by Crippen LogP contribution is 2.38. The average molecular weight is 314 g/mol. The van der Waals surface area contributed by atoms with Crippen LogP contribution < -0.4 is 11.1 Å². The van der Waals surface area contributed by atoms with Crippen LogP contribution in [-0.2, 0) is 11.2 Å². The molecule has 2 aliphatic rings. The third-order valence-corrected chi connectivity index (χ3v) is 4.67. The van der Waals surface area contributed by atoms with Crippen LogP contribution in [0.2, 0.25) is 0 Å². The number of rotatable bonds is 4. The van der Waals surface area contributed by atoms with Crippen molar-refractivity contribution in [1.29, 1.82) is 0 Å². The summed E-state index contributed by atoms with van der Waals surface area (Å²) in [4.78, 5) is 18.3. The summed E-state index contributed by atoms with van der Waals surface area (Å²) in [6.07, 6.45) is 1.55. The summed E-state index contributed by atoms with van der Waals surface area (Å²) in [5.74, 6) is 1.17. The lowest BCUT2D eigenvalue weighted by molar-refractivity contribution is -0.118. The van der Waals surface area contributed by atoms with Gasteiger partial charge in [0.25, 0.3) is 0 Å². The molecule has 3 rings (SSSR count).